The Kier molecular flexibility index (Phi) is 6.96. The molecular formula is C22H25N3O6. The Bertz CT molecular complexity index is 949. The van der Waals surface area contributed by atoms with Gasteiger partial charge >= 0.3 is 0 Å². The van der Waals surface area contributed by atoms with E-state index in [4.69, 9.17) is 18.9 Å². The fourth-order valence-corrected chi connectivity index (χ4v) is 3.33. The topological polar surface area (TPSA) is 98.7 Å². The summed E-state index contributed by atoms with van der Waals surface area (Å²) in [4.78, 5) is 26.5. The molecule has 1 aliphatic heterocycles. The van der Waals surface area contributed by atoms with Crippen LogP contribution < -0.4 is 29.3 Å². The van der Waals surface area contributed by atoms with Crippen LogP contribution in [0.25, 0.3) is 0 Å². The van der Waals surface area contributed by atoms with Crippen molar-refractivity contribution in [3.05, 3.63) is 42.0 Å². The Morgan fingerprint density at radius 3 is 2.23 bits per heavy atom. The number of carbonyl (C=O) groups excluding carboxylic acids is 2. The van der Waals surface area contributed by atoms with E-state index in [2.05, 4.69) is 10.5 Å². The van der Waals surface area contributed by atoms with E-state index in [1.54, 1.807) is 48.4 Å². The maximum atomic E-state index is 12.5. The van der Waals surface area contributed by atoms with E-state index in [1.165, 1.54) is 27.5 Å². The molecule has 1 heterocycles. The van der Waals surface area contributed by atoms with Crippen molar-refractivity contribution < 1.29 is 28.5 Å². The van der Waals surface area contributed by atoms with Gasteiger partial charge in [0.2, 0.25) is 17.6 Å². The van der Waals surface area contributed by atoms with E-state index >= 15 is 0 Å². The molecule has 164 valence electrons. The standard InChI is InChI=1S/C22H25N3O6/c1-28-17-7-5-16(6-8-17)25-13-15(11-20(25)26)22(27)24-23-12-14-9-18(29-2)21(31-4)19(10-14)30-3/h5-10,12,15H,11,13H2,1-4H3,(H,24,27)/b23-12+/t15-/m1/s1. The Balaban J connectivity index is 1.64. The molecule has 1 fully saturated rings. The van der Waals surface area contributed by atoms with Crippen LogP contribution in [0.5, 0.6) is 23.0 Å². The molecule has 0 spiro atoms. The lowest BCUT2D eigenvalue weighted by molar-refractivity contribution is -0.126. The zero-order valence-corrected chi connectivity index (χ0v) is 17.9. The summed E-state index contributed by atoms with van der Waals surface area (Å²) >= 11 is 0. The molecule has 31 heavy (non-hydrogen) atoms. The monoisotopic (exact) mass is 427 g/mol. The lowest BCUT2D eigenvalue weighted by atomic mass is 10.1. The summed E-state index contributed by atoms with van der Waals surface area (Å²) in [6, 6.07) is 10.6. The first-order valence-electron chi connectivity index (χ1n) is 9.58. The van der Waals surface area contributed by atoms with Gasteiger partial charge in [0.1, 0.15) is 5.75 Å². The van der Waals surface area contributed by atoms with Crippen LogP contribution in [-0.2, 0) is 9.59 Å². The van der Waals surface area contributed by atoms with Crippen molar-refractivity contribution in [3.63, 3.8) is 0 Å². The van der Waals surface area contributed by atoms with E-state index in [-0.39, 0.29) is 24.8 Å². The van der Waals surface area contributed by atoms with Gasteiger partial charge in [-0.15, -0.1) is 0 Å². The van der Waals surface area contributed by atoms with E-state index in [9.17, 15) is 9.59 Å². The average molecular weight is 427 g/mol. The number of hydrogen-bond acceptors (Lipinski definition) is 7. The molecule has 0 saturated carbocycles. The zero-order chi connectivity index (χ0) is 22.4. The quantitative estimate of drug-likeness (QED) is 0.512. The first-order valence-corrected chi connectivity index (χ1v) is 9.58. The van der Waals surface area contributed by atoms with Crippen LogP contribution >= 0.6 is 0 Å². The van der Waals surface area contributed by atoms with Crippen LogP contribution in [0.15, 0.2) is 41.5 Å². The summed E-state index contributed by atoms with van der Waals surface area (Å²) in [7, 11) is 6.14. The number of anilines is 1. The van der Waals surface area contributed by atoms with E-state index in [0.717, 1.165) is 5.69 Å². The van der Waals surface area contributed by atoms with Crippen molar-refractivity contribution in [1.29, 1.82) is 0 Å². The second-order valence-electron chi connectivity index (χ2n) is 6.80. The van der Waals surface area contributed by atoms with Crippen LogP contribution in [0, 0.1) is 5.92 Å². The van der Waals surface area contributed by atoms with Gasteiger partial charge < -0.3 is 23.8 Å². The fourth-order valence-electron chi connectivity index (χ4n) is 3.33. The zero-order valence-electron chi connectivity index (χ0n) is 17.9. The summed E-state index contributed by atoms with van der Waals surface area (Å²) < 4.78 is 21.0. The number of rotatable bonds is 8. The molecule has 0 unspecified atom stereocenters. The highest BCUT2D eigenvalue weighted by Gasteiger charge is 2.35. The largest absolute Gasteiger partial charge is 0.497 e. The van der Waals surface area contributed by atoms with Crippen molar-refractivity contribution in [2.24, 2.45) is 11.0 Å². The Labute approximate surface area is 180 Å². The molecule has 1 saturated heterocycles. The third-order valence-electron chi connectivity index (χ3n) is 4.96. The van der Waals surface area contributed by atoms with Gasteiger partial charge in [0, 0.05) is 24.2 Å². The second-order valence-corrected chi connectivity index (χ2v) is 6.80. The van der Waals surface area contributed by atoms with Crippen molar-refractivity contribution in [2.45, 2.75) is 6.42 Å². The van der Waals surface area contributed by atoms with Crippen molar-refractivity contribution in [2.75, 3.05) is 39.9 Å². The highest BCUT2D eigenvalue weighted by molar-refractivity contribution is 6.00. The van der Waals surface area contributed by atoms with Crippen LogP contribution in [0.4, 0.5) is 5.69 Å². The van der Waals surface area contributed by atoms with Crippen LogP contribution in [0.1, 0.15) is 12.0 Å². The molecular weight excluding hydrogens is 402 g/mol. The van der Waals surface area contributed by atoms with Gasteiger partial charge in [-0.25, -0.2) is 5.43 Å². The average Bonchev–Trinajstić information content (AvgIpc) is 3.19. The van der Waals surface area contributed by atoms with Gasteiger partial charge in [-0.2, -0.15) is 5.10 Å². The van der Waals surface area contributed by atoms with Gasteiger partial charge in [-0.1, -0.05) is 0 Å². The van der Waals surface area contributed by atoms with Gasteiger partial charge in [0.05, 0.1) is 40.6 Å². The number of hydrogen-bond donors (Lipinski definition) is 1. The molecule has 0 aromatic heterocycles. The molecule has 1 atom stereocenters. The van der Waals surface area contributed by atoms with E-state index < -0.39 is 5.92 Å². The third-order valence-corrected chi connectivity index (χ3v) is 4.96. The van der Waals surface area contributed by atoms with Crippen molar-refractivity contribution in [3.8, 4) is 23.0 Å². The second kappa shape index (κ2) is 9.84. The van der Waals surface area contributed by atoms with E-state index in [0.29, 0.717) is 28.6 Å². The molecule has 2 aromatic rings. The molecule has 9 nitrogen and oxygen atoms in total. The lowest BCUT2D eigenvalue weighted by Crippen LogP contribution is -2.30. The summed E-state index contributed by atoms with van der Waals surface area (Å²) in [5.41, 5.74) is 3.88. The Morgan fingerprint density at radius 2 is 1.68 bits per heavy atom. The number of ether oxygens (including phenoxy) is 4. The van der Waals surface area contributed by atoms with Crippen molar-refractivity contribution in [1.82, 2.24) is 5.43 Å². The summed E-state index contributed by atoms with van der Waals surface area (Å²) in [5, 5.41) is 4.02. The SMILES string of the molecule is COc1ccc(N2C[C@H](C(=O)N/N=C/c3cc(OC)c(OC)c(OC)c3)CC2=O)cc1. The normalized spacial score (nSPS) is 15.8. The van der Waals surface area contributed by atoms with Gasteiger partial charge in [0.15, 0.2) is 11.5 Å². The molecule has 9 heteroatoms. The molecule has 1 N–H and O–H groups in total. The number of carbonyl (C=O) groups is 2. The molecule has 2 aromatic carbocycles. The maximum absolute atomic E-state index is 12.5. The molecule has 0 bridgehead atoms. The Hall–Kier alpha value is -3.75. The van der Waals surface area contributed by atoms with Crippen molar-refractivity contribution >= 4 is 23.7 Å². The summed E-state index contributed by atoms with van der Waals surface area (Å²) in [6.45, 7) is 0.288. The maximum Gasteiger partial charge on any atom is 0.245 e. The molecule has 0 aliphatic carbocycles. The number of nitrogens with zero attached hydrogens (tertiary/aromatic N) is 2. The van der Waals surface area contributed by atoms with Crippen LogP contribution in [-0.4, -0.2) is 53.0 Å². The Morgan fingerprint density at radius 1 is 1.03 bits per heavy atom. The number of benzene rings is 2. The van der Waals surface area contributed by atoms with Gasteiger partial charge in [-0.05, 0) is 36.4 Å². The summed E-state index contributed by atoms with van der Waals surface area (Å²) in [6.07, 6.45) is 1.60. The van der Waals surface area contributed by atoms with Crippen LogP contribution in [0.3, 0.4) is 0 Å². The minimum Gasteiger partial charge on any atom is -0.497 e. The molecule has 0 radical (unpaired) electrons. The van der Waals surface area contributed by atoms with E-state index in [1.807, 2.05) is 0 Å². The predicted octanol–water partition coefficient (Wildman–Crippen LogP) is 2.22. The fraction of sp³-hybridized carbons (Fsp3) is 0.318. The third kappa shape index (κ3) is 4.88. The highest BCUT2D eigenvalue weighted by atomic mass is 16.5. The first-order chi connectivity index (χ1) is 15.0. The minimum absolute atomic E-state index is 0.112. The lowest BCUT2D eigenvalue weighted by Gasteiger charge is -2.16. The van der Waals surface area contributed by atoms with Gasteiger partial charge in [-0.3, -0.25) is 9.59 Å². The minimum atomic E-state index is -0.494. The number of amides is 2. The van der Waals surface area contributed by atoms with Crippen LogP contribution in [0.2, 0.25) is 0 Å². The molecule has 2 amide bonds. The first kappa shape index (κ1) is 21.9. The summed E-state index contributed by atoms with van der Waals surface area (Å²) in [5.74, 6) is 1.19. The number of hydrazone groups is 1. The number of nitrogens with one attached hydrogen (secondary N) is 1. The number of methoxy groups -OCH3 is 4. The highest BCUT2D eigenvalue weighted by Crippen LogP contribution is 2.37. The van der Waals surface area contributed by atoms with Gasteiger partial charge in [0.25, 0.3) is 0 Å². The molecule has 3 rings (SSSR count). The predicted molar refractivity (Wildman–Crippen MR) is 115 cm³/mol. The molecule has 1 aliphatic rings. The smallest absolute Gasteiger partial charge is 0.245 e.